The van der Waals surface area contributed by atoms with Crippen molar-refractivity contribution < 1.29 is 9.84 Å². The second kappa shape index (κ2) is 5.86. The summed E-state index contributed by atoms with van der Waals surface area (Å²) in [6.07, 6.45) is 0. The van der Waals surface area contributed by atoms with Crippen LogP contribution >= 0.6 is 0 Å². The Morgan fingerprint density at radius 3 is 2.95 bits per heavy atom. The SMILES string of the molecule is CCOc1cccc(-c2nc(C(N)CO)[nH]c2C)c1. The summed E-state index contributed by atoms with van der Waals surface area (Å²) in [5.41, 5.74) is 8.49. The standard InChI is InChI=1S/C14H19N3O2/c1-3-19-11-6-4-5-10(7-11)13-9(2)16-14(17-13)12(15)8-18/h4-7,12,18H,3,8,15H2,1-2H3,(H,16,17). The Hall–Kier alpha value is -1.85. The molecule has 0 aliphatic rings. The van der Waals surface area contributed by atoms with Gasteiger partial charge in [0.05, 0.1) is 24.9 Å². The summed E-state index contributed by atoms with van der Waals surface area (Å²) in [7, 11) is 0. The highest BCUT2D eigenvalue weighted by Gasteiger charge is 2.14. The largest absolute Gasteiger partial charge is 0.494 e. The van der Waals surface area contributed by atoms with E-state index in [4.69, 9.17) is 15.6 Å². The number of H-pyrrole nitrogens is 1. The lowest BCUT2D eigenvalue weighted by Crippen LogP contribution is -2.16. The molecule has 0 saturated heterocycles. The highest BCUT2D eigenvalue weighted by molar-refractivity contribution is 5.63. The predicted molar refractivity (Wildman–Crippen MR) is 73.9 cm³/mol. The van der Waals surface area contributed by atoms with E-state index in [1.54, 1.807) is 0 Å². The molecule has 0 spiro atoms. The molecule has 1 aromatic heterocycles. The van der Waals surface area contributed by atoms with E-state index in [0.717, 1.165) is 22.7 Å². The molecule has 2 rings (SSSR count). The Labute approximate surface area is 112 Å². The van der Waals surface area contributed by atoms with E-state index in [1.165, 1.54) is 0 Å². The average Bonchev–Trinajstić information content (AvgIpc) is 2.81. The van der Waals surface area contributed by atoms with Gasteiger partial charge in [-0.25, -0.2) is 4.98 Å². The van der Waals surface area contributed by atoms with Crippen molar-refractivity contribution in [2.45, 2.75) is 19.9 Å². The van der Waals surface area contributed by atoms with Crippen LogP contribution in [0.4, 0.5) is 0 Å². The highest BCUT2D eigenvalue weighted by atomic mass is 16.5. The van der Waals surface area contributed by atoms with E-state index in [2.05, 4.69) is 9.97 Å². The van der Waals surface area contributed by atoms with E-state index >= 15 is 0 Å². The first-order valence-electron chi connectivity index (χ1n) is 6.31. The zero-order valence-corrected chi connectivity index (χ0v) is 11.2. The lowest BCUT2D eigenvalue weighted by molar-refractivity contribution is 0.264. The number of hydrogen-bond donors (Lipinski definition) is 3. The fourth-order valence-corrected chi connectivity index (χ4v) is 1.93. The number of aromatic amines is 1. The highest BCUT2D eigenvalue weighted by Crippen LogP contribution is 2.26. The van der Waals surface area contributed by atoms with E-state index in [9.17, 15) is 0 Å². The molecule has 0 radical (unpaired) electrons. The smallest absolute Gasteiger partial charge is 0.126 e. The fourth-order valence-electron chi connectivity index (χ4n) is 1.93. The van der Waals surface area contributed by atoms with Crippen LogP contribution in [-0.4, -0.2) is 28.3 Å². The van der Waals surface area contributed by atoms with Gasteiger partial charge >= 0.3 is 0 Å². The molecule has 1 unspecified atom stereocenters. The monoisotopic (exact) mass is 261 g/mol. The normalized spacial score (nSPS) is 12.4. The van der Waals surface area contributed by atoms with E-state index < -0.39 is 6.04 Å². The predicted octanol–water partition coefficient (Wildman–Crippen LogP) is 1.78. The van der Waals surface area contributed by atoms with Crippen LogP contribution in [0, 0.1) is 6.92 Å². The van der Waals surface area contributed by atoms with Gasteiger partial charge in [-0.05, 0) is 26.0 Å². The number of nitrogens with zero attached hydrogens (tertiary/aromatic N) is 1. The van der Waals surface area contributed by atoms with Crippen LogP contribution in [0.3, 0.4) is 0 Å². The maximum absolute atomic E-state index is 9.07. The minimum atomic E-state index is -0.484. The van der Waals surface area contributed by atoms with Crippen molar-refractivity contribution in [3.8, 4) is 17.0 Å². The first kappa shape index (κ1) is 13.6. The number of aliphatic hydroxyl groups excluding tert-OH is 1. The molecule has 19 heavy (non-hydrogen) atoms. The molecule has 0 saturated carbocycles. The minimum Gasteiger partial charge on any atom is -0.494 e. The van der Waals surface area contributed by atoms with Gasteiger partial charge in [-0.3, -0.25) is 0 Å². The van der Waals surface area contributed by atoms with Gasteiger partial charge in [0, 0.05) is 11.3 Å². The van der Waals surface area contributed by atoms with E-state index in [1.807, 2.05) is 38.1 Å². The number of benzene rings is 1. The van der Waals surface area contributed by atoms with Gasteiger partial charge in [0.2, 0.25) is 0 Å². The summed E-state index contributed by atoms with van der Waals surface area (Å²) in [5.74, 6) is 1.41. The molecule has 0 aliphatic heterocycles. The Morgan fingerprint density at radius 2 is 2.26 bits per heavy atom. The molecular weight excluding hydrogens is 242 g/mol. The van der Waals surface area contributed by atoms with Gasteiger partial charge in [0.25, 0.3) is 0 Å². The summed E-state index contributed by atoms with van der Waals surface area (Å²) in [5, 5.41) is 9.07. The van der Waals surface area contributed by atoms with Gasteiger partial charge in [-0.2, -0.15) is 0 Å². The number of imidazole rings is 1. The quantitative estimate of drug-likeness (QED) is 0.766. The van der Waals surface area contributed by atoms with Crippen LogP contribution in [0.15, 0.2) is 24.3 Å². The van der Waals surface area contributed by atoms with Crippen molar-refractivity contribution in [1.82, 2.24) is 9.97 Å². The number of hydrogen-bond acceptors (Lipinski definition) is 4. The number of nitrogens with one attached hydrogen (secondary N) is 1. The van der Waals surface area contributed by atoms with Crippen molar-refractivity contribution in [3.63, 3.8) is 0 Å². The van der Waals surface area contributed by atoms with Crippen LogP contribution in [0.5, 0.6) is 5.75 Å². The summed E-state index contributed by atoms with van der Waals surface area (Å²) in [6.45, 7) is 4.38. The average molecular weight is 261 g/mol. The van der Waals surface area contributed by atoms with Crippen LogP contribution in [0.25, 0.3) is 11.3 Å². The Morgan fingerprint density at radius 1 is 1.47 bits per heavy atom. The number of aliphatic hydroxyl groups is 1. The molecule has 102 valence electrons. The molecule has 2 aromatic rings. The van der Waals surface area contributed by atoms with Crippen molar-refractivity contribution in [3.05, 3.63) is 35.8 Å². The molecule has 1 aromatic carbocycles. The summed E-state index contributed by atoms with van der Waals surface area (Å²) in [4.78, 5) is 7.56. The summed E-state index contributed by atoms with van der Waals surface area (Å²) in [6, 6.07) is 7.28. The van der Waals surface area contributed by atoms with E-state index in [0.29, 0.717) is 12.4 Å². The fraction of sp³-hybridized carbons (Fsp3) is 0.357. The molecule has 0 amide bonds. The van der Waals surface area contributed by atoms with Crippen molar-refractivity contribution in [1.29, 1.82) is 0 Å². The topological polar surface area (TPSA) is 84.2 Å². The second-order valence-corrected chi connectivity index (χ2v) is 4.35. The van der Waals surface area contributed by atoms with Crippen molar-refractivity contribution in [2.75, 3.05) is 13.2 Å². The third kappa shape index (κ3) is 2.94. The minimum absolute atomic E-state index is 0.134. The van der Waals surface area contributed by atoms with Crippen molar-refractivity contribution in [2.24, 2.45) is 5.73 Å². The third-order valence-corrected chi connectivity index (χ3v) is 2.87. The molecule has 5 heteroatoms. The van der Waals surface area contributed by atoms with Gasteiger partial charge < -0.3 is 20.6 Å². The summed E-state index contributed by atoms with van der Waals surface area (Å²) >= 11 is 0. The van der Waals surface area contributed by atoms with Crippen LogP contribution in [0.2, 0.25) is 0 Å². The summed E-state index contributed by atoms with van der Waals surface area (Å²) < 4.78 is 5.48. The van der Waals surface area contributed by atoms with Crippen LogP contribution in [0.1, 0.15) is 24.5 Å². The van der Waals surface area contributed by atoms with Gasteiger partial charge in [-0.15, -0.1) is 0 Å². The Kier molecular flexibility index (Phi) is 4.19. The van der Waals surface area contributed by atoms with Gasteiger partial charge in [-0.1, -0.05) is 12.1 Å². The molecule has 0 bridgehead atoms. The maximum atomic E-state index is 9.07. The van der Waals surface area contributed by atoms with Crippen LogP contribution in [-0.2, 0) is 0 Å². The van der Waals surface area contributed by atoms with E-state index in [-0.39, 0.29) is 6.61 Å². The molecule has 0 fully saturated rings. The molecular formula is C14H19N3O2. The molecule has 5 nitrogen and oxygen atoms in total. The number of nitrogens with two attached hydrogens (primary N) is 1. The second-order valence-electron chi connectivity index (χ2n) is 4.35. The molecule has 1 heterocycles. The number of rotatable bonds is 5. The lowest BCUT2D eigenvalue weighted by Gasteiger charge is -2.05. The Balaban J connectivity index is 2.35. The third-order valence-electron chi connectivity index (χ3n) is 2.87. The van der Waals surface area contributed by atoms with Gasteiger partial charge in [0.15, 0.2) is 0 Å². The number of aromatic nitrogens is 2. The van der Waals surface area contributed by atoms with Gasteiger partial charge in [0.1, 0.15) is 11.6 Å². The Bertz CT molecular complexity index is 551. The zero-order chi connectivity index (χ0) is 13.8. The van der Waals surface area contributed by atoms with Crippen LogP contribution < -0.4 is 10.5 Å². The number of ether oxygens (including phenoxy) is 1. The number of aryl methyl sites for hydroxylation is 1. The first-order valence-corrected chi connectivity index (χ1v) is 6.31. The lowest BCUT2D eigenvalue weighted by atomic mass is 10.1. The molecule has 1 atom stereocenters. The zero-order valence-electron chi connectivity index (χ0n) is 11.2. The molecule has 4 N–H and O–H groups in total. The molecule has 0 aliphatic carbocycles. The van der Waals surface area contributed by atoms with Crippen molar-refractivity contribution >= 4 is 0 Å². The maximum Gasteiger partial charge on any atom is 0.126 e. The first-order chi connectivity index (χ1) is 9.15.